The first kappa shape index (κ1) is 15.6. The predicted octanol–water partition coefficient (Wildman–Crippen LogP) is 2.83. The molecule has 2 bridgehead atoms. The first-order valence-electron chi connectivity index (χ1n) is 6.49. The summed E-state index contributed by atoms with van der Waals surface area (Å²) in [5.41, 5.74) is 0. The summed E-state index contributed by atoms with van der Waals surface area (Å²) >= 11 is 12.6. The van der Waals surface area contributed by atoms with E-state index in [1.807, 2.05) is 0 Å². The van der Waals surface area contributed by atoms with Crippen molar-refractivity contribution in [2.24, 2.45) is 17.8 Å². The fraction of sp³-hybridized carbons (Fsp3) is 0.583. The molecule has 0 aromatic carbocycles. The lowest BCUT2D eigenvalue weighted by atomic mass is 9.85. The van der Waals surface area contributed by atoms with Crippen LogP contribution in [0.3, 0.4) is 0 Å². The SMILES string of the molecule is O=C(O)C1C2CCC(C2)C1NS(=O)(=O)c1cc(Cl)sc1Cl. The van der Waals surface area contributed by atoms with Crippen molar-refractivity contribution < 1.29 is 18.3 Å². The molecule has 0 radical (unpaired) electrons. The molecule has 0 amide bonds. The summed E-state index contributed by atoms with van der Waals surface area (Å²) < 4.78 is 27.8. The zero-order valence-electron chi connectivity index (χ0n) is 10.8. The number of thiophene rings is 1. The molecule has 0 spiro atoms. The second-order valence-corrected chi connectivity index (χ2v) is 9.50. The van der Waals surface area contributed by atoms with Gasteiger partial charge in [0.2, 0.25) is 10.0 Å². The topological polar surface area (TPSA) is 83.5 Å². The largest absolute Gasteiger partial charge is 0.481 e. The molecule has 2 fully saturated rings. The fourth-order valence-electron chi connectivity index (χ4n) is 3.57. The molecular formula is C12H13Cl2NO4S2. The molecule has 5 nitrogen and oxygen atoms in total. The summed E-state index contributed by atoms with van der Waals surface area (Å²) in [5, 5.41) is 9.35. The van der Waals surface area contributed by atoms with Crippen molar-refractivity contribution in [3.8, 4) is 0 Å². The summed E-state index contributed by atoms with van der Waals surface area (Å²) in [5.74, 6) is -1.46. The number of hydrogen-bond donors (Lipinski definition) is 2. The molecule has 116 valence electrons. The van der Waals surface area contributed by atoms with Gasteiger partial charge in [-0.05, 0) is 37.2 Å². The highest BCUT2D eigenvalue weighted by atomic mass is 35.5. The molecule has 4 unspecified atom stereocenters. The molecule has 2 saturated carbocycles. The van der Waals surface area contributed by atoms with E-state index in [-0.39, 0.29) is 25.4 Å². The Labute approximate surface area is 136 Å². The van der Waals surface area contributed by atoms with E-state index in [0.717, 1.165) is 30.6 Å². The van der Waals surface area contributed by atoms with Crippen molar-refractivity contribution in [3.05, 3.63) is 14.7 Å². The number of hydrogen-bond acceptors (Lipinski definition) is 4. The molecular weight excluding hydrogens is 357 g/mol. The Morgan fingerprint density at radius 2 is 2.00 bits per heavy atom. The molecule has 2 aliphatic carbocycles. The third-order valence-corrected chi connectivity index (χ3v) is 7.62. The number of sulfonamides is 1. The van der Waals surface area contributed by atoms with Gasteiger partial charge in [0.05, 0.1) is 10.3 Å². The Bertz CT molecular complexity index is 687. The highest BCUT2D eigenvalue weighted by Crippen LogP contribution is 2.49. The number of halogens is 2. The van der Waals surface area contributed by atoms with Crippen molar-refractivity contribution >= 4 is 50.5 Å². The standard InChI is InChI=1S/C12H13Cl2NO4S2/c13-8-4-7(11(14)20-8)21(18,19)15-10-6-2-1-5(3-6)9(10)12(16)17/h4-6,9-10,15H,1-3H2,(H,16,17). The zero-order chi connectivity index (χ0) is 15.4. The minimum atomic E-state index is -3.86. The second kappa shape index (κ2) is 5.38. The lowest BCUT2D eigenvalue weighted by molar-refractivity contribution is -0.144. The van der Waals surface area contributed by atoms with E-state index in [1.54, 1.807) is 0 Å². The predicted molar refractivity (Wildman–Crippen MR) is 80.4 cm³/mol. The third kappa shape index (κ3) is 2.70. The van der Waals surface area contributed by atoms with Gasteiger partial charge in [0, 0.05) is 6.04 Å². The molecule has 1 aromatic rings. The normalized spacial score (nSPS) is 31.7. The Hall–Kier alpha value is -0.340. The lowest BCUT2D eigenvalue weighted by Gasteiger charge is -2.28. The molecule has 9 heteroatoms. The van der Waals surface area contributed by atoms with Crippen LogP contribution >= 0.6 is 34.5 Å². The molecule has 2 aliphatic rings. The van der Waals surface area contributed by atoms with Crippen molar-refractivity contribution in [3.63, 3.8) is 0 Å². The van der Waals surface area contributed by atoms with Gasteiger partial charge in [-0.1, -0.05) is 23.2 Å². The van der Waals surface area contributed by atoms with Crippen LogP contribution in [0.4, 0.5) is 0 Å². The van der Waals surface area contributed by atoms with Crippen molar-refractivity contribution in [2.45, 2.75) is 30.2 Å². The van der Waals surface area contributed by atoms with Crippen LogP contribution in [-0.4, -0.2) is 25.5 Å². The summed E-state index contributed by atoms with van der Waals surface area (Å²) in [4.78, 5) is 11.3. The molecule has 3 rings (SSSR count). The zero-order valence-corrected chi connectivity index (χ0v) is 13.9. The fourth-order valence-corrected chi connectivity index (χ4v) is 7.04. The highest BCUT2D eigenvalue weighted by molar-refractivity contribution is 7.89. The highest BCUT2D eigenvalue weighted by Gasteiger charge is 2.52. The van der Waals surface area contributed by atoms with Gasteiger partial charge in [-0.25, -0.2) is 13.1 Å². The van der Waals surface area contributed by atoms with Crippen LogP contribution in [0, 0.1) is 17.8 Å². The Morgan fingerprint density at radius 1 is 1.33 bits per heavy atom. The minimum absolute atomic E-state index is 0.0572. The average Bonchev–Trinajstić information content (AvgIpc) is 3.02. The molecule has 4 atom stereocenters. The van der Waals surface area contributed by atoms with E-state index in [1.165, 1.54) is 6.07 Å². The number of aliphatic carboxylic acids is 1. The van der Waals surface area contributed by atoms with Gasteiger partial charge in [-0.15, -0.1) is 11.3 Å². The molecule has 2 N–H and O–H groups in total. The molecule has 0 saturated heterocycles. The minimum Gasteiger partial charge on any atom is -0.481 e. The van der Waals surface area contributed by atoms with Crippen LogP contribution in [0.5, 0.6) is 0 Å². The van der Waals surface area contributed by atoms with Gasteiger partial charge >= 0.3 is 5.97 Å². The maximum Gasteiger partial charge on any atom is 0.308 e. The van der Waals surface area contributed by atoms with Crippen molar-refractivity contribution in [1.82, 2.24) is 4.72 Å². The Balaban J connectivity index is 1.88. The number of carboxylic acid groups (broad SMARTS) is 1. The van der Waals surface area contributed by atoms with Gasteiger partial charge in [-0.3, -0.25) is 4.79 Å². The van der Waals surface area contributed by atoms with Gasteiger partial charge < -0.3 is 5.11 Å². The van der Waals surface area contributed by atoms with Crippen molar-refractivity contribution in [1.29, 1.82) is 0 Å². The van der Waals surface area contributed by atoms with Crippen LogP contribution in [0.2, 0.25) is 8.67 Å². The van der Waals surface area contributed by atoms with Crippen molar-refractivity contribution in [2.75, 3.05) is 0 Å². The lowest BCUT2D eigenvalue weighted by Crippen LogP contribution is -2.46. The van der Waals surface area contributed by atoms with Gasteiger partial charge in [-0.2, -0.15) is 0 Å². The maximum atomic E-state index is 12.4. The number of fused-ring (bicyclic) bond motifs is 2. The van der Waals surface area contributed by atoms with Crippen LogP contribution in [-0.2, 0) is 14.8 Å². The number of nitrogens with one attached hydrogen (secondary N) is 1. The van der Waals surface area contributed by atoms with Gasteiger partial charge in [0.1, 0.15) is 9.23 Å². The van der Waals surface area contributed by atoms with Gasteiger partial charge in [0.25, 0.3) is 0 Å². The van der Waals surface area contributed by atoms with Gasteiger partial charge in [0.15, 0.2) is 0 Å². The number of rotatable bonds is 4. The van der Waals surface area contributed by atoms with E-state index in [2.05, 4.69) is 4.72 Å². The first-order chi connectivity index (χ1) is 9.79. The van der Waals surface area contributed by atoms with E-state index in [4.69, 9.17) is 23.2 Å². The van der Waals surface area contributed by atoms with E-state index in [9.17, 15) is 18.3 Å². The summed E-state index contributed by atoms with van der Waals surface area (Å²) in [7, 11) is -3.86. The number of carboxylic acids is 1. The summed E-state index contributed by atoms with van der Waals surface area (Å²) in [6.45, 7) is 0. The first-order valence-corrected chi connectivity index (χ1v) is 9.55. The second-order valence-electron chi connectivity index (χ2n) is 5.53. The monoisotopic (exact) mass is 369 g/mol. The molecule has 0 aliphatic heterocycles. The van der Waals surface area contributed by atoms with E-state index >= 15 is 0 Å². The quantitative estimate of drug-likeness (QED) is 0.854. The van der Waals surface area contributed by atoms with Crippen LogP contribution in [0.15, 0.2) is 11.0 Å². The smallest absolute Gasteiger partial charge is 0.308 e. The third-order valence-electron chi connectivity index (χ3n) is 4.41. The maximum absolute atomic E-state index is 12.4. The van der Waals surface area contributed by atoms with Crippen LogP contribution in [0.1, 0.15) is 19.3 Å². The summed E-state index contributed by atoms with van der Waals surface area (Å²) in [6, 6.07) is 0.723. The van der Waals surface area contributed by atoms with Crippen LogP contribution < -0.4 is 4.72 Å². The van der Waals surface area contributed by atoms with Crippen LogP contribution in [0.25, 0.3) is 0 Å². The number of carbonyl (C=O) groups is 1. The van der Waals surface area contributed by atoms with E-state index in [0.29, 0.717) is 0 Å². The Morgan fingerprint density at radius 3 is 2.57 bits per heavy atom. The average molecular weight is 370 g/mol. The molecule has 1 heterocycles. The van der Waals surface area contributed by atoms with E-state index < -0.39 is 28.0 Å². The molecule has 1 aromatic heterocycles. The Kier molecular flexibility index (Phi) is 3.99. The summed E-state index contributed by atoms with van der Waals surface area (Å²) in [6.07, 6.45) is 2.48. The molecule has 21 heavy (non-hydrogen) atoms.